The lowest BCUT2D eigenvalue weighted by atomic mass is 10.3. The second-order valence-corrected chi connectivity index (χ2v) is 7.17. The molecular formula is C13H10Br2N2O2S. The zero-order chi connectivity index (χ0) is 14.5. The van der Waals surface area contributed by atoms with E-state index in [2.05, 4.69) is 37.9 Å². The van der Waals surface area contributed by atoms with Gasteiger partial charge in [-0.1, -0.05) is 0 Å². The Kier molecular flexibility index (Phi) is 5.40. The molecule has 7 heteroatoms. The standard InChI is InChI=1S/C13H10Br2N2O2S/c14-10-7-11(20-12(10)15)13(18)17(5-2-4-16)8-9-3-1-6-19-9/h1,3,6-7H,2,5,8H2. The third-order valence-electron chi connectivity index (χ3n) is 2.56. The summed E-state index contributed by atoms with van der Waals surface area (Å²) in [5.74, 6) is 0.596. The number of carbonyl (C=O) groups is 1. The molecule has 0 saturated carbocycles. The lowest BCUT2D eigenvalue weighted by Gasteiger charge is -2.19. The molecule has 0 fully saturated rings. The number of furan rings is 1. The summed E-state index contributed by atoms with van der Waals surface area (Å²) in [7, 11) is 0. The van der Waals surface area contributed by atoms with E-state index in [1.165, 1.54) is 11.3 Å². The van der Waals surface area contributed by atoms with Crippen molar-refractivity contribution in [3.63, 3.8) is 0 Å². The normalized spacial score (nSPS) is 10.2. The average Bonchev–Trinajstić information content (AvgIpc) is 3.05. The van der Waals surface area contributed by atoms with Crippen molar-refractivity contribution in [2.75, 3.05) is 6.54 Å². The van der Waals surface area contributed by atoms with Crippen LogP contribution in [0.15, 0.2) is 37.1 Å². The maximum absolute atomic E-state index is 12.5. The fourth-order valence-electron chi connectivity index (χ4n) is 1.64. The van der Waals surface area contributed by atoms with Crippen molar-refractivity contribution in [1.29, 1.82) is 5.26 Å². The number of nitriles is 1. The van der Waals surface area contributed by atoms with Crippen molar-refractivity contribution in [3.05, 3.63) is 43.4 Å². The number of rotatable bonds is 5. The number of amides is 1. The van der Waals surface area contributed by atoms with Gasteiger partial charge in [-0.25, -0.2) is 0 Å². The predicted octanol–water partition coefficient (Wildman–Crippen LogP) is 4.42. The molecule has 0 aliphatic rings. The van der Waals surface area contributed by atoms with Crippen LogP contribution in [0, 0.1) is 11.3 Å². The molecule has 2 rings (SSSR count). The second kappa shape index (κ2) is 7.07. The van der Waals surface area contributed by atoms with E-state index < -0.39 is 0 Å². The van der Waals surface area contributed by atoms with Gasteiger partial charge in [0.05, 0.1) is 34.0 Å². The molecule has 0 aromatic carbocycles. The Morgan fingerprint density at radius 1 is 1.50 bits per heavy atom. The first kappa shape index (κ1) is 15.3. The van der Waals surface area contributed by atoms with Gasteiger partial charge in [-0.2, -0.15) is 5.26 Å². The maximum Gasteiger partial charge on any atom is 0.264 e. The molecule has 0 spiro atoms. The van der Waals surface area contributed by atoms with Gasteiger partial charge >= 0.3 is 0 Å². The van der Waals surface area contributed by atoms with E-state index in [0.29, 0.717) is 30.1 Å². The van der Waals surface area contributed by atoms with E-state index in [1.54, 1.807) is 23.3 Å². The smallest absolute Gasteiger partial charge is 0.264 e. The van der Waals surface area contributed by atoms with Crippen LogP contribution in [-0.2, 0) is 6.54 Å². The van der Waals surface area contributed by atoms with E-state index in [-0.39, 0.29) is 5.91 Å². The molecule has 1 amide bonds. The van der Waals surface area contributed by atoms with Crippen molar-refractivity contribution >= 4 is 49.1 Å². The summed E-state index contributed by atoms with van der Waals surface area (Å²) in [6.45, 7) is 0.740. The summed E-state index contributed by atoms with van der Waals surface area (Å²) in [5.41, 5.74) is 0. The Balaban J connectivity index is 2.17. The van der Waals surface area contributed by atoms with Crippen LogP contribution in [0.1, 0.15) is 21.9 Å². The van der Waals surface area contributed by atoms with Gasteiger partial charge < -0.3 is 9.32 Å². The summed E-state index contributed by atoms with van der Waals surface area (Å²) in [6.07, 6.45) is 1.86. The molecule has 20 heavy (non-hydrogen) atoms. The highest BCUT2D eigenvalue weighted by atomic mass is 79.9. The molecule has 0 aliphatic carbocycles. The summed E-state index contributed by atoms with van der Waals surface area (Å²) in [5, 5.41) is 8.72. The Hall–Kier alpha value is -1.10. The highest BCUT2D eigenvalue weighted by Gasteiger charge is 2.20. The fourth-order valence-corrected chi connectivity index (χ4v) is 3.64. The topological polar surface area (TPSA) is 57.2 Å². The molecule has 0 aliphatic heterocycles. The van der Waals surface area contributed by atoms with Gasteiger partial charge in [-0.05, 0) is 50.1 Å². The Labute approximate surface area is 137 Å². The monoisotopic (exact) mass is 416 g/mol. The molecule has 0 N–H and O–H groups in total. The molecule has 0 bridgehead atoms. The zero-order valence-corrected chi connectivity index (χ0v) is 14.3. The summed E-state index contributed by atoms with van der Waals surface area (Å²) in [4.78, 5) is 14.7. The van der Waals surface area contributed by atoms with Gasteiger partial charge in [-0.3, -0.25) is 4.79 Å². The van der Waals surface area contributed by atoms with Crippen LogP contribution in [0.25, 0.3) is 0 Å². The molecule has 2 heterocycles. The van der Waals surface area contributed by atoms with Crippen LogP contribution in [0.4, 0.5) is 0 Å². The largest absolute Gasteiger partial charge is 0.467 e. The average molecular weight is 418 g/mol. The van der Waals surface area contributed by atoms with Crippen LogP contribution in [-0.4, -0.2) is 17.4 Å². The zero-order valence-electron chi connectivity index (χ0n) is 10.3. The van der Waals surface area contributed by atoms with Crippen LogP contribution in [0.5, 0.6) is 0 Å². The Morgan fingerprint density at radius 2 is 2.30 bits per heavy atom. The number of hydrogen-bond donors (Lipinski definition) is 0. The van der Waals surface area contributed by atoms with Crippen LogP contribution in [0.2, 0.25) is 0 Å². The maximum atomic E-state index is 12.5. The van der Waals surface area contributed by atoms with Crippen molar-refractivity contribution < 1.29 is 9.21 Å². The van der Waals surface area contributed by atoms with Crippen molar-refractivity contribution in [1.82, 2.24) is 4.90 Å². The summed E-state index contributed by atoms with van der Waals surface area (Å²) in [6, 6.07) is 7.43. The van der Waals surface area contributed by atoms with Gasteiger partial charge in [0.2, 0.25) is 0 Å². The van der Waals surface area contributed by atoms with Gasteiger partial charge in [0, 0.05) is 11.0 Å². The molecule has 0 unspecified atom stereocenters. The van der Waals surface area contributed by atoms with Crippen LogP contribution >= 0.6 is 43.2 Å². The Bertz CT molecular complexity index is 612. The first-order valence-electron chi connectivity index (χ1n) is 5.75. The highest BCUT2D eigenvalue weighted by molar-refractivity contribution is 9.13. The summed E-state index contributed by atoms with van der Waals surface area (Å²) < 4.78 is 6.99. The van der Waals surface area contributed by atoms with Gasteiger partial charge in [0.15, 0.2) is 0 Å². The number of carbonyl (C=O) groups excluding carboxylic acids is 1. The van der Waals surface area contributed by atoms with Gasteiger partial charge in [0.1, 0.15) is 5.76 Å². The quantitative estimate of drug-likeness (QED) is 0.723. The third kappa shape index (κ3) is 3.72. The van der Waals surface area contributed by atoms with Crippen LogP contribution in [0.3, 0.4) is 0 Å². The van der Waals surface area contributed by atoms with Crippen molar-refractivity contribution in [2.45, 2.75) is 13.0 Å². The fraction of sp³-hybridized carbons (Fsp3) is 0.231. The van der Waals surface area contributed by atoms with Gasteiger partial charge in [0.25, 0.3) is 5.91 Å². The van der Waals surface area contributed by atoms with E-state index >= 15 is 0 Å². The van der Waals surface area contributed by atoms with Crippen molar-refractivity contribution in [3.8, 4) is 6.07 Å². The highest BCUT2D eigenvalue weighted by Crippen LogP contribution is 2.33. The molecule has 4 nitrogen and oxygen atoms in total. The summed E-state index contributed by atoms with van der Waals surface area (Å²) >= 11 is 8.11. The third-order valence-corrected chi connectivity index (χ3v) is 5.81. The SMILES string of the molecule is N#CCCN(Cc1ccco1)C(=O)c1cc(Br)c(Br)s1. The van der Waals surface area contributed by atoms with E-state index in [0.717, 1.165) is 8.26 Å². The van der Waals surface area contributed by atoms with E-state index in [4.69, 9.17) is 9.68 Å². The predicted molar refractivity (Wildman–Crippen MR) is 83.4 cm³/mol. The molecule has 0 radical (unpaired) electrons. The number of nitrogens with zero attached hydrogens (tertiary/aromatic N) is 2. The van der Waals surface area contributed by atoms with Gasteiger partial charge in [-0.15, -0.1) is 11.3 Å². The first-order chi connectivity index (χ1) is 9.61. The molecule has 0 saturated heterocycles. The number of thiophene rings is 1. The molecular weight excluding hydrogens is 408 g/mol. The minimum absolute atomic E-state index is 0.104. The van der Waals surface area contributed by atoms with E-state index in [1.807, 2.05) is 6.07 Å². The Morgan fingerprint density at radius 3 is 2.85 bits per heavy atom. The molecule has 0 atom stereocenters. The van der Waals surface area contributed by atoms with Crippen molar-refractivity contribution in [2.24, 2.45) is 0 Å². The minimum Gasteiger partial charge on any atom is -0.467 e. The molecule has 104 valence electrons. The molecule has 2 aromatic heterocycles. The number of halogens is 2. The van der Waals surface area contributed by atoms with E-state index in [9.17, 15) is 4.79 Å². The van der Waals surface area contributed by atoms with Crippen LogP contribution < -0.4 is 0 Å². The first-order valence-corrected chi connectivity index (χ1v) is 8.15. The second-order valence-electron chi connectivity index (χ2n) is 3.95. The lowest BCUT2D eigenvalue weighted by Crippen LogP contribution is -2.30. The number of hydrogen-bond acceptors (Lipinski definition) is 4. The molecule has 2 aromatic rings. The minimum atomic E-state index is -0.104. The lowest BCUT2D eigenvalue weighted by molar-refractivity contribution is 0.0740.